The zero-order valence-electron chi connectivity index (χ0n) is 15.0. The van der Waals surface area contributed by atoms with Crippen molar-refractivity contribution in [1.29, 1.82) is 0 Å². The lowest BCUT2D eigenvalue weighted by Gasteiger charge is -2.33. The molecule has 1 N–H and O–H groups in total. The highest BCUT2D eigenvalue weighted by molar-refractivity contribution is 5.38. The van der Waals surface area contributed by atoms with Crippen LogP contribution in [0.2, 0.25) is 0 Å². The van der Waals surface area contributed by atoms with Gasteiger partial charge in [-0.15, -0.1) is 5.10 Å². The lowest BCUT2D eigenvalue weighted by molar-refractivity contribution is 0.352. The maximum absolute atomic E-state index is 5.85. The zero-order chi connectivity index (χ0) is 17.2. The van der Waals surface area contributed by atoms with Gasteiger partial charge in [0.25, 0.3) is 0 Å². The van der Waals surface area contributed by atoms with Crippen LogP contribution in [-0.2, 0) is 12.0 Å². The number of oxazole rings is 1. The Morgan fingerprint density at radius 3 is 2.79 bits per heavy atom. The van der Waals surface area contributed by atoms with Gasteiger partial charge < -0.3 is 14.6 Å². The van der Waals surface area contributed by atoms with Crippen LogP contribution in [0.15, 0.2) is 22.7 Å². The topological polar surface area (TPSA) is 67.1 Å². The van der Waals surface area contributed by atoms with E-state index in [1.807, 2.05) is 19.2 Å². The van der Waals surface area contributed by atoms with Gasteiger partial charge in [0, 0.05) is 24.5 Å². The number of nitrogens with one attached hydrogen (secondary N) is 1. The Balaban J connectivity index is 1.56. The second-order valence-electron chi connectivity index (χ2n) is 7.57. The number of piperidine rings is 1. The molecule has 0 aliphatic carbocycles. The Morgan fingerprint density at radius 1 is 1.29 bits per heavy atom. The van der Waals surface area contributed by atoms with Crippen molar-refractivity contribution in [2.24, 2.45) is 0 Å². The monoisotopic (exact) mass is 329 g/mol. The minimum Gasteiger partial charge on any atom is -0.444 e. The molecule has 0 amide bonds. The molecule has 1 atom stereocenters. The number of hydrogen-bond donors (Lipinski definition) is 1. The molecule has 2 aromatic rings. The smallest absolute Gasteiger partial charge is 0.208 e. The largest absolute Gasteiger partial charge is 0.444 e. The van der Waals surface area contributed by atoms with E-state index in [-0.39, 0.29) is 5.41 Å². The van der Waals surface area contributed by atoms with Crippen LogP contribution in [0.4, 0.5) is 5.82 Å². The molecular formula is C18H27N5O. The maximum atomic E-state index is 5.85. The molecule has 0 unspecified atom stereocenters. The fourth-order valence-electron chi connectivity index (χ4n) is 2.88. The molecule has 3 rings (SSSR count). The van der Waals surface area contributed by atoms with Crippen molar-refractivity contribution in [2.45, 2.75) is 58.5 Å². The average molecular weight is 329 g/mol. The Hall–Kier alpha value is -1.95. The third-order valence-corrected chi connectivity index (χ3v) is 4.36. The summed E-state index contributed by atoms with van der Waals surface area (Å²) in [5, 5.41) is 12.0. The molecule has 24 heavy (non-hydrogen) atoms. The van der Waals surface area contributed by atoms with E-state index < -0.39 is 0 Å². The molecule has 6 nitrogen and oxygen atoms in total. The van der Waals surface area contributed by atoms with Crippen molar-refractivity contribution in [1.82, 2.24) is 20.5 Å². The summed E-state index contributed by atoms with van der Waals surface area (Å²) in [7, 11) is 0. The summed E-state index contributed by atoms with van der Waals surface area (Å²) in [5.74, 6) is 2.64. The minimum atomic E-state index is -0.00298. The highest BCUT2D eigenvalue weighted by Crippen LogP contribution is 2.23. The molecule has 3 heterocycles. The summed E-state index contributed by atoms with van der Waals surface area (Å²) in [6, 6.07) is 4.47. The van der Waals surface area contributed by atoms with Crippen LogP contribution in [0.25, 0.3) is 0 Å². The van der Waals surface area contributed by atoms with Crippen LogP contribution < -0.4 is 10.2 Å². The van der Waals surface area contributed by atoms with Gasteiger partial charge in [-0.05, 0) is 31.9 Å². The van der Waals surface area contributed by atoms with E-state index in [0.29, 0.717) is 12.6 Å². The van der Waals surface area contributed by atoms with Gasteiger partial charge >= 0.3 is 0 Å². The third-order valence-electron chi connectivity index (χ3n) is 4.36. The summed E-state index contributed by atoms with van der Waals surface area (Å²) in [6.07, 6.45) is 4.14. The first-order chi connectivity index (χ1) is 11.4. The first-order valence-corrected chi connectivity index (χ1v) is 8.65. The second kappa shape index (κ2) is 6.89. The second-order valence-corrected chi connectivity index (χ2v) is 7.57. The molecule has 2 aromatic heterocycles. The van der Waals surface area contributed by atoms with Gasteiger partial charge in [0.2, 0.25) is 5.89 Å². The number of hydrogen-bond acceptors (Lipinski definition) is 6. The molecule has 1 aliphatic heterocycles. The summed E-state index contributed by atoms with van der Waals surface area (Å²) in [6.45, 7) is 11.0. The van der Waals surface area contributed by atoms with Crippen molar-refractivity contribution in [2.75, 3.05) is 18.0 Å². The molecule has 1 aliphatic rings. The van der Waals surface area contributed by atoms with Crippen molar-refractivity contribution < 1.29 is 4.42 Å². The van der Waals surface area contributed by atoms with Gasteiger partial charge in [-0.1, -0.05) is 20.8 Å². The highest BCUT2D eigenvalue weighted by Gasteiger charge is 2.22. The van der Waals surface area contributed by atoms with Gasteiger partial charge in [-0.2, -0.15) is 5.10 Å². The molecule has 130 valence electrons. The summed E-state index contributed by atoms with van der Waals surface area (Å²) < 4.78 is 5.85. The molecule has 6 heteroatoms. The number of rotatable bonds is 4. The molecular weight excluding hydrogens is 302 g/mol. The number of aryl methyl sites for hydroxylation is 1. The van der Waals surface area contributed by atoms with Crippen LogP contribution in [0.3, 0.4) is 0 Å². The van der Waals surface area contributed by atoms with Crippen LogP contribution in [-0.4, -0.2) is 34.3 Å². The normalized spacial score (nSPS) is 18.8. The van der Waals surface area contributed by atoms with Crippen molar-refractivity contribution >= 4 is 5.82 Å². The third kappa shape index (κ3) is 4.12. The summed E-state index contributed by atoms with van der Waals surface area (Å²) in [4.78, 5) is 6.68. The zero-order valence-corrected chi connectivity index (χ0v) is 15.0. The van der Waals surface area contributed by atoms with Gasteiger partial charge in [0.1, 0.15) is 5.76 Å². The Morgan fingerprint density at radius 2 is 2.12 bits per heavy atom. The van der Waals surface area contributed by atoms with Crippen molar-refractivity contribution in [3.8, 4) is 0 Å². The maximum Gasteiger partial charge on any atom is 0.208 e. The van der Waals surface area contributed by atoms with E-state index in [9.17, 15) is 0 Å². The quantitative estimate of drug-likeness (QED) is 0.930. The van der Waals surface area contributed by atoms with Gasteiger partial charge in [-0.25, -0.2) is 4.98 Å². The molecule has 0 aromatic carbocycles. The Labute approximate surface area is 143 Å². The average Bonchev–Trinajstić information content (AvgIpc) is 3.03. The molecule has 0 spiro atoms. The van der Waals surface area contributed by atoms with Crippen LogP contribution in [0, 0.1) is 6.92 Å². The van der Waals surface area contributed by atoms with E-state index in [4.69, 9.17) is 4.42 Å². The number of anilines is 1. The van der Waals surface area contributed by atoms with Crippen molar-refractivity contribution in [3.05, 3.63) is 35.7 Å². The minimum absolute atomic E-state index is 0.00298. The first-order valence-electron chi connectivity index (χ1n) is 8.65. The summed E-state index contributed by atoms with van der Waals surface area (Å²) >= 11 is 0. The Kier molecular flexibility index (Phi) is 4.85. The van der Waals surface area contributed by atoms with E-state index >= 15 is 0 Å². The first kappa shape index (κ1) is 16.9. The number of aromatic nitrogens is 3. The molecule has 0 saturated carbocycles. The predicted molar refractivity (Wildman–Crippen MR) is 94.0 cm³/mol. The van der Waals surface area contributed by atoms with Crippen LogP contribution in [0.5, 0.6) is 0 Å². The fraction of sp³-hybridized carbons (Fsp3) is 0.611. The highest BCUT2D eigenvalue weighted by atomic mass is 16.4. The predicted octanol–water partition coefficient (Wildman–Crippen LogP) is 2.83. The molecule has 1 fully saturated rings. The lowest BCUT2D eigenvalue weighted by atomic mass is 9.94. The standard InChI is InChI=1S/C18H27N5O/c1-13-7-8-16(22-21-13)23-9-5-6-14(12-23)19-11-17-20-10-15(24-17)18(2,3)4/h7-8,10,14,19H,5-6,9,11-12H2,1-4H3/t14-/m0/s1. The fourth-order valence-corrected chi connectivity index (χ4v) is 2.88. The lowest BCUT2D eigenvalue weighted by Crippen LogP contribution is -2.45. The van der Waals surface area contributed by atoms with Gasteiger partial charge in [0.05, 0.1) is 18.4 Å². The van der Waals surface area contributed by atoms with Gasteiger partial charge in [-0.3, -0.25) is 0 Å². The van der Waals surface area contributed by atoms with E-state index in [1.165, 1.54) is 0 Å². The Bertz CT molecular complexity index is 659. The van der Waals surface area contributed by atoms with Crippen LogP contribution >= 0.6 is 0 Å². The van der Waals surface area contributed by atoms with Gasteiger partial charge in [0.15, 0.2) is 5.82 Å². The van der Waals surface area contributed by atoms with Crippen LogP contribution in [0.1, 0.15) is 51.0 Å². The van der Waals surface area contributed by atoms with E-state index in [1.54, 1.807) is 0 Å². The molecule has 0 radical (unpaired) electrons. The molecule has 0 bridgehead atoms. The molecule has 1 saturated heterocycles. The number of nitrogens with zero attached hydrogens (tertiary/aromatic N) is 4. The van der Waals surface area contributed by atoms with Crippen molar-refractivity contribution in [3.63, 3.8) is 0 Å². The summed E-state index contributed by atoms with van der Waals surface area (Å²) in [5.41, 5.74) is 0.945. The van der Waals surface area contributed by atoms with E-state index in [2.05, 4.69) is 52.2 Å². The van der Waals surface area contributed by atoms with E-state index in [0.717, 1.165) is 49.1 Å². The SMILES string of the molecule is Cc1ccc(N2CCC[C@H](NCc3ncc(C(C)(C)C)o3)C2)nn1.